The highest BCUT2D eigenvalue weighted by atomic mass is 35.5. The fourth-order valence-corrected chi connectivity index (χ4v) is 2.82. The van der Waals surface area contributed by atoms with Crippen LogP contribution >= 0.6 is 11.6 Å². The monoisotopic (exact) mass is 382 g/mol. The second-order valence-corrected chi connectivity index (χ2v) is 5.95. The van der Waals surface area contributed by atoms with Gasteiger partial charge in [0.2, 0.25) is 0 Å². The van der Waals surface area contributed by atoms with Crippen LogP contribution in [0.1, 0.15) is 11.1 Å². The van der Waals surface area contributed by atoms with Crippen molar-refractivity contribution >= 4 is 34.4 Å². The molecule has 0 aliphatic carbocycles. The Balaban J connectivity index is 1.60. The number of aromatic amines is 1. The first-order valence-electron chi connectivity index (χ1n) is 7.67. The largest absolute Gasteiger partial charge is 0.419 e. The van der Waals surface area contributed by atoms with Crippen LogP contribution in [0.25, 0.3) is 11.0 Å². The summed E-state index contributed by atoms with van der Waals surface area (Å²) >= 11 is 5.62. The van der Waals surface area contributed by atoms with Gasteiger partial charge in [-0.15, -0.1) is 0 Å². The molecule has 0 bridgehead atoms. The van der Waals surface area contributed by atoms with Crippen molar-refractivity contribution in [2.75, 3.05) is 11.9 Å². The van der Waals surface area contributed by atoms with Gasteiger partial charge in [-0.3, -0.25) is 0 Å². The molecule has 1 heterocycles. The summed E-state index contributed by atoms with van der Waals surface area (Å²) in [4.78, 5) is 19.0. The molecule has 0 saturated carbocycles. The minimum atomic E-state index is -4.67. The number of anilines is 1. The first-order valence-corrected chi connectivity index (χ1v) is 8.05. The van der Waals surface area contributed by atoms with Crippen molar-refractivity contribution in [3.63, 3.8) is 0 Å². The molecule has 2 aromatic carbocycles. The van der Waals surface area contributed by atoms with Gasteiger partial charge < -0.3 is 15.6 Å². The summed E-state index contributed by atoms with van der Waals surface area (Å²) in [6.07, 6.45) is -2.56. The second-order valence-electron chi connectivity index (χ2n) is 5.55. The summed E-state index contributed by atoms with van der Waals surface area (Å²) < 4.78 is 39.2. The number of nitrogens with zero attached hydrogens (tertiary/aromatic N) is 1. The minimum Gasteiger partial charge on any atom is -0.345 e. The molecule has 0 aliphatic rings. The number of nitrogens with one attached hydrogen (secondary N) is 3. The molecule has 0 aliphatic heterocycles. The molecule has 5 nitrogen and oxygen atoms in total. The van der Waals surface area contributed by atoms with Crippen LogP contribution in [0.15, 0.2) is 42.7 Å². The third kappa shape index (κ3) is 4.08. The number of H-pyrrole nitrogens is 1. The van der Waals surface area contributed by atoms with Crippen molar-refractivity contribution in [1.82, 2.24) is 15.3 Å². The Kier molecular flexibility index (Phi) is 5.03. The summed E-state index contributed by atoms with van der Waals surface area (Å²) in [5, 5.41) is 4.26. The fraction of sp³-hybridized carbons (Fsp3) is 0.176. The molecule has 0 atom stereocenters. The number of alkyl halides is 3. The predicted molar refractivity (Wildman–Crippen MR) is 93.3 cm³/mol. The van der Waals surface area contributed by atoms with E-state index >= 15 is 0 Å². The van der Waals surface area contributed by atoms with Gasteiger partial charge in [0.1, 0.15) is 0 Å². The van der Waals surface area contributed by atoms with E-state index in [1.165, 1.54) is 6.07 Å². The molecular formula is C17H14ClF3N4O. The number of benzene rings is 2. The zero-order valence-electron chi connectivity index (χ0n) is 13.3. The van der Waals surface area contributed by atoms with Crippen LogP contribution in [0.5, 0.6) is 0 Å². The van der Waals surface area contributed by atoms with Crippen LogP contribution in [0.4, 0.5) is 23.7 Å². The van der Waals surface area contributed by atoms with E-state index < -0.39 is 22.8 Å². The van der Waals surface area contributed by atoms with Crippen LogP contribution in [0.2, 0.25) is 5.02 Å². The van der Waals surface area contributed by atoms with Gasteiger partial charge in [0.15, 0.2) is 0 Å². The maximum absolute atomic E-state index is 13.1. The molecule has 3 aromatic rings. The number of rotatable bonds is 4. The first kappa shape index (κ1) is 18.1. The molecule has 1 aromatic heterocycles. The maximum atomic E-state index is 13.1. The summed E-state index contributed by atoms with van der Waals surface area (Å²) in [6.45, 7) is 0.257. The number of urea groups is 1. The van der Waals surface area contributed by atoms with Crippen molar-refractivity contribution in [3.05, 3.63) is 58.9 Å². The molecule has 136 valence electrons. The molecule has 0 saturated heterocycles. The number of carbonyl (C=O) groups excluding carboxylic acids is 1. The molecule has 3 rings (SSSR count). The van der Waals surface area contributed by atoms with Crippen LogP contribution in [-0.4, -0.2) is 22.5 Å². The molecule has 26 heavy (non-hydrogen) atoms. The van der Waals surface area contributed by atoms with Crippen molar-refractivity contribution in [2.24, 2.45) is 0 Å². The SMILES string of the molecule is O=C(NCCc1ccc2nc[nH]c2c1)Nc1cccc(Cl)c1C(F)(F)F. The Morgan fingerprint density at radius 3 is 2.81 bits per heavy atom. The maximum Gasteiger partial charge on any atom is 0.419 e. The Bertz CT molecular complexity index is 939. The topological polar surface area (TPSA) is 69.8 Å². The van der Waals surface area contributed by atoms with Gasteiger partial charge >= 0.3 is 12.2 Å². The van der Waals surface area contributed by atoms with E-state index in [1.807, 2.05) is 18.2 Å². The fourth-order valence-electron chi connectivity index (χ4n) is 2.54. The van der Waals surface area contributed by atoms with E-state index in [0.29, 0.717) is 6.42 Å². The molecule has 0 radical (unpaired) electrons. The van der Waals surface area contributed by atoms with Crippen LogP contribution in [-0.2, 0) is 12.6 Å². The highest BCUT2D eigenvalue weighted by Gasteiger charge is 2.36. The highest BCUT2D eigenvalue weighted by molar-refractivity contribution is 6.32. The number of fused-ring (bicyclic) bond motifs is 1. The molecular weight excluding hydrogens is 369 g/mol. The average Bonchev–Trinajstić information content (AvgIpc) is 3.01. The molecule has 2 amide bonds. The summed E-state index contributed by atoms with van der Waals surface area (Å²) in [6, 6.07) is 8.51. The van der Waals surface area contributed by atoms with Gasteiger partial charge in [-0.2, -0.15) is 13.2 Å². The van der Waals surface area contributed by atoms with E-state index in [9.17, 15) is 18.0 Å². The van der Waals surface area contributed by atoms with E-state index in [2.05, 4.69) is 20.6 Å². The van der Waals surface area contributed by atoms with Gasteiger partial charge in [-0.25, -0.2) is 9.78 Å². The van der Waals surface area contributed by atoms with E-state index in [0.717, 1.165) is 28.7 Å². The molecule has 9 heteroatoms. The van der Waals surface area contributed by atoms with Gasteiger partial charge in [0.25, 0.3) is 0 Å². The summed E-state index contributed by atoms with van der Waals surface area (Å²) in [5.74, 6) is 0. The lowest BCUT2D eigenvalue weighted by atomic mass is 10.1. The van der Waals surface area contributed by atoms with Crippen LogP contribution in [0.3, 0.4) is 0 Å². The Morgan fingerprint density at radius 1 is 1.23 bits per heavy atom. The van der Waals surface area contributed by atoms with E-state index in [-0.39, 0.29) is 12.2 Å². The molecule has 0 spiro atoms. The third-order valence-corrected chi connectivity index (χ3v) is 4.04. The standard InChI is InChI=1S/C17H14ClF3N4O/c18-11-2-1-3-13(15(11)17(19,20)21)25-16(26)22-7-6-10-4-5-12-14(8-10)24-9-23-12/h1-5,8-9H,6-7H2,(H,23,24)(H2,22,25,26). The zero-order chi connectivity index (χ0) is 18.7. The van der Waals surface area contributed by atoms with E-state index in [4.69, 9.17) is 11.6 Å². The number of halogens is 4. The Hall–Kier alpha value is -2.74. The van der Waals surface area contributed by atoms with E-state index in [1.54, 1.807) is 6.33 Å². The third-order valence-electron chi connectivity index (χ3n) is 3.73. The highest BCUT2D eigenvalue weighted by Crippen LogP contribution is 2.39. The molecule has 0 unspecified atom stereocenters. The summed E-state index contributed by atoms with van der Waals surface area (Å²) in [5.41, 5.74) is 1.21. The predicted octanol–water partition coefficient (Wildman–Crippen LogP) is 4.60. The normalized spacial score (nSPS) is 11.5. The number of carbonyl (C=O) groups is 1. The van der Waals surface area contributed by atoms with Crippen molar-refractivity contribution in [1.29, 1.82) is 0 Å². The summed E-state index contributed by atoms with van der Waals surface area (Å²) in [7, 11) is 0. The quantitative estimate of drug-likeness (QED) is 0.617. The van der Waals surface area contributed by atoms with Gasteiger partial charge in [-0.1, -0.05) is 23.7 Å². The van der Waals surface area contributed by atoms with Crippen molar-refractivity contribution in [3.8, 4) is 0 Å². The number of hydrogen-bond donors (Lipinski definition) is 3. The number of aromatic nitrogens is 2. The molecule has 0 fully saturated rings. The van der Waals surface area contributed by atoms with Gasteiger partial charge in [0, 0.05) is 6.54 Å². The Morgan fingerprint density at radius 2 is 2.04 bits per heavy atom. The van der Waals surface area contributed by atoms with Gasteiger partial charge in [0.05, 0.1) is 33.6 Å². The molecule has 3 N–H and O–H groups in total. The lowest BCUT2D eigenvalue weighted by molar-refractivity contribution is -0.136. The van der Waals surface area contributed by atoms with Crippen LogP contribution in [0, 0.1) is 0 Å². The average molecular weight is 383 g/mol. The zero-order valence-corrected chi connectivity index (χ0v) is 14.1. The number of hydrogen-bond acceptors (Lipinski definition) is 2. The second kappa shape index (κ2) is 7.25. The number of imidazole rings is 1. The minimum absolute atomic E-state index is 0.257. The number of amides is 2. The van der Waals surface area contributed by atoms with Crippen LogP contribution < -0.4 is 10.6 Å². The first-order chi connectivity index (χ1) is 12.3. The van der Waals surface area contributed by atoms with Gasteiger partial charge in [-0.05, 0) is 36.2 Å². The van der Waals surface area contributed by atoms with Crippen molar-refractivity contribution in [2.45, 2.75) is 12.6 Å². The lowest BCUT2D eigenvalue weighted by Gasteiger charge is -2.15. The van der Waals surface area contributed by atoms with Crippen molar-refractivity contribution < 1.29 is 18.0 Å². The lowest BCUT2D eigenvalue weighted by Crippen LogP contribution is -2.31. The Labute approximate surface area is 151 Å². The smallest absolute Gasteiger partial charge is 0.345 e.